The van der Waals surface area contributed by atoms with Crippen molar-refractivity contribution in [2.24, 2.45) is 5.73 Å². The molecular formula is C19H20FN5O4S. The summed E-state index contributed by atoms with van der Waals surface area (Å²) >= 11 is 0.949. The van der Waals surface area contributed by atoms with Crippen molar-refractivity contribution < 1.29 is 23.2 Å². The van der Waals surface area contributed by atoms with Crippen LogP contribution in [-0.2, 0) is 4.79 Å². The summed E-state index contributed by atoms with van der Waals surface area (Å²) in [5.41, 5.74) is 11.9. The number of ketones is 1. The summed E-state index contributed by atoms with van der Waals surface area (Å²) in [5.74, 6) is -1.55. The van der Waals surface area contributed by atoms with Crippen molar-refractivity contribution in [3.63, 3.8) is 0 Å². The van der Waals surface area contributed by atoms with Gasteiger partial charge in [0, 0.05) is 5.69 Å². The SMILES string of the molecule is CC(C)Oc1cc(C(=O)c2sc(N(c3ccc(F)cc3)[C@H](C)C(N)=O)nc2N)on1. The first-order valence-corrected chi connectivity index (χ1v) is 9.77. The predicted octanol–water partition coefficient (Wildman–Crippen LogP) is 2.88. The molecule has 1 atom stereocenters. The molecule has 3 aromatic rings. The minimum Gasteiger partial charge on any atom is -0.473 e. The molecule has 9 nitrogen and oxygen atoms in total. The van der Waals surface area contributed by atoms with Crippen LogP contribution in [0.2, 0.25) is 0 Å². The lowest BCUT2D eigenvalue weighted by Gasteiger charge is -2.26. The Bertz CT molecular complexity index is 1060. The molecule has 30 heavy (non-hydrogen) atoms. The van der Waals surface area contributed by atoms with E-state index < -0.39 is 23.5 Å². The van der Waals surface area contributed by atoms with Gasteiger partial charge in [-0.25, -0.2) is 9.37 Å². The van der Waals surface area contributed by atoms with Crippen molar-refractivity contribution in [1.29, 1.82) is 0 Å². The van der Waals surface area contributed by atoms with Gasteiger partial charge in [0.05, 0.1) is 12.2 Å². The highest BCUT2D eigenvalue weighted by Crippen LogP contribution is 2.36. The Morgan fingerprint density at radius 1 is 1.23 bits per heavy atom. The number of rotatable bonds is 8. The van der Waals surface area contributed by atoms with E-state index >= 15 is 0 Å². The van der Waals surface area contributed by atoms with Crippen LogP contribution in [0, 0.1) is 5.82 Å². The number of carbonyl (C=O) groups excluding carboxylic acids is 2. The van der Waals surface area contributed by atoms with E-state index in [1.54, 1.807) is 6.92 Å². The number of anilines is 3. The number of nitrogen functional groups attached to an aromatic ring is 1. The van der Waals surface area contributed by atoms with E-state index in [-0.39, 0.29) is 33.6 Å². The lowest BCUT2D eigenvalue weighted by molar-refractivity contribution is -0.118. The Morgan fingerprint density at radius 2 is 1.90 bits per heavy atom. The maximum atomic E-state index is 13.3. The maximum Gasteiger partial charge on any atom is 0.255 e. The minimum absolute atomic E-state index is 0.0495. The number of halogens is 1. The van der Waals surface area contributed by atoms with E-state index in [4.69, 9.17) is 20.7 Å². The summed E-state index contributed by atoms with van der Waals surface area (Å²) < 4.78 is 23.8. The number of hydrogen-bond acceptors (Lipinski definition) is 9. The van der Waals surface area contributed by atoms with Crippen LogP contribution in [0.15, 0.2) is 34.9 Å². The highest BCUT2D eigenvalue weighted by molar-refractivity contribution is 7.18. The quantitative estimate of drug-likeness (QED) is 0.517. The summed E-state index contributed by atoms with van der Waals surface area (Å²) in [6.07, 6.45) is -0.141. The summed E-state index contributed by atoms with van der Waals surface area (Å²) in [5, 5.41) is 3.94. The number of primary amides is 1. The van der Waals surface area contributed by atoms with E-state index in [2.05, 4.69) is 10.1 Å². The van der Waals surface area contributed by atoms with Crippen LogP contribution in [0.5, 0.6) is 5.88 Å². The molecule has 0 aliphatic carbocycles. The van der Waals surface area contributed by atoms with Crippen LogP contribution in [0.3, 0.4) is 0 Å². The number of carbonyl (C=O) groups is 2. The normalized spacial score (nSPS) is 12.0. The van der Waals surface area contributed by atoms with Gasteiger partial charge in [0.25, 0.3) is 5.88 Å². The number of hydrogen-bond donors (Lipinski definition) is 2. The molecule has 3 rings (SSSR count). The lowest BCUT2D eigenvalue weighted by atomic mass is 10.2. The molecule has 0 radical (unpaired) electrons. The van der Waals surface area contributed by atoms with Crippen LogP contribution < -0.4 is 21.1 Å². The van der Waals surface area contributed by atoms with Crippen LogP contribution in [0.4, 0.5) is 21.0 Å². The Labute approximate surface area is 175 Å². The number of aromatic nitrogens is 2. The fourth-order valence-corrected chi connectivity index (χ4v) is 3.62. The van der Waals surface area contributed by atoms with Gasteiger partial charge in [0.2, 0.25) is 17.5 Å². The van der Waals surface area contributed by atoms with Crippen LogP contribution in [0.25, 0.3) is 0 Å². The molecule has 2 heterocycles. The van der Waals surface area contributed by atoms with Gasteiger partial charge in [-0.15, -0.1) is 0 Å². The van der Waals surface area contributed by atoms with Gasteiger partial charge < -0.3 is 25.6 Å². The number of ether oxygens (including phenoxy) is 1. The Kier molecular flexibility index (Phi) is 6.01. The van der Waals surface area contributed by atoms with Crippen molar-refractivity contribution in [2.75, 3.05) is 10.6 Å². The summed E-state index contributed by atoms with van der Waals surface area (Å²) in [6.45, 7) is 5.19. The largest absolute Gasteiger partial charge is 0.473 e. The fourth-order valence-electron chi connectivity index (χ4n) is 2.59. The first-order valence-electron chi connectivity index (χ1n) is 8.96. The molecule has 1 amide bonds. The van der Waals surface area contributed by atoms with E-state index in [0.29, 0.717) is 5.69 Å². The molecule has 4 N–H and O–H groups in total. The maximum absolute atomic E-state index is 13.3. The van der Waals surface area contributed by atoms with Gasteiger partial charge in [-0.2, -0.15) is 0 Å². The van der Waals surface area contributed by atoms with Gasteiger partial charge >= 0.3 is 0 Å². The molecule has 0 bridgehead atoms. The number of thiazole rings is 1. The second-order valence-corrected chi connectivity index (χ2v) is 7.64. The summed E-state index contributed by atoms with van der Waals surface area (Å²) in [6, 6.07) is 5.96. The minimum atomic E-state index is -0.833. The predicted molar refractivity (Wildman–Crippen MR) is 109 cm³/mol. The van der Waals surface area contributed by atoms with Crippen molar-refractivity contribution >= 4 is 39.7 Å². The van der Waals surface area contributed by atoms with Crippen LogP contribution >= 0.6 is 11.3 Å². The average Bonchev–Trinajstić information content (AvgIpc) is 3.29. The van der Waals surface area contributed by atoms with E-state index in [1.165, 1.54) is 35.2 Å². The Hall–Kier alpha value is -3.47. The molecule has 0 unspecified atom stereocenters. The van der Waals surface area contributed by atoms with Gasteiger partial charge in [-0.1, -0.05) is 11.3 Å². The highest BCUT2D eigenvalue weighted by atomic mass is 32.1. The number of benzene rings is 1. The van der Waals surface area contributed by atoms with E-state index in [1.807, 2.05) is 13.8 Å². The third-order valence-electron chi connectivity index (χ3n) is 4.03. The number of nitrogens with two attached hydrogens (primary N) is 2. The molecule has 0 spiro atoms. The van der Waals surface area contributed by atoms with E-state index in [0.717, 1.165) is 11.3 Å². The zero-order valence-electron chi connectivity index (χ0n) is 16.5. The zero-order valence-corrected chi connectivity index (χ0v) is 17.3. The molecule has 1 aromatic carbocycles. The second kappa shape index (κ2) is 8.49. The molecule has 2 aromatic heterocycles. The Morgan fingerprint density at radius 3 is 2.50 bits per heavy atom. The van der Waals surface area contributed by atoms with Crippen molar-refractivity contribution in [3.8, 4) is 5.88 Å². The standard InChI is InChI=1S/C19H20FN5O4S/c1-9(2)28-14-8-13(29-24-14)15(26)16-17(21)23-19(30-16)25(10(3)18(22)27)12-6-4-11(20)5-7-12/h4-10H,21H2,1-3H3,(H2,22,27)/t10-/m1/s1. The molecule has 0 saturated carbocycles. The molecule has 0 saturated heterocycles. The smallest absolute Gasteiger partial charge is 0.255 e. The van der Waals surface area contributed by atoms with Gasteiger partial charge in [-0.05, 0) is 50.2 Å². The second-order valence-electron chi connectivity index (χ2n) is 6.66. The fraction of sp³-hybridized carbons (Fsp3) is 0.263. The van der Waals surface area contributed by atoms with E-state index in [9.17, 15) is 14.0 Å². The molecule has 158 valence electrons. The average molecular weight is 433 g/mol. The molecular weight excluding hydrogens is 413 g/mol. The Balaban J connectivity index is 1.97. The first kappa shape index (κ1) is 21.2. The van der Waals surface area contributed by atoms with Crippen LogP contribution in [0.1, 0.15) is 36.2 Å². The van der Waals surface area contributed by atoms with Gasteiger partial charge in [-0.3, -0.25) is 9.59 Å². The van der Waals surface area contributed by atoms with Crippen molar-refractivity contribution in [2.45, 2.75) is 32.9 Å². The van der Waals surface area contributed by atoms with Crippen LogP contribution in [-0.4, -0.2) is 34.0 Å². The zero-order chi connectivity index (χ0) is 22.0. The van der Waals surface area contributed by atoms with Gasteiger partial charge in [0.15, 0.2) is 5.13 Å². The monoisotopic (exact) mass is 433 g/mol. The molecule has 0 fully saturated rings. The number of nitrogens with zero attached hydrogens (tertiary/aromatic N) is 3. The lowest BCUT2D eigenvalue weighted by Crippen LogP contribution is -2.39. The van der Waals surface area contributed by atoms with Gasteiger partial charge in [0.1, 0.15) is 22.6 Å². The number of amides is 1. The molecule has 0 aliphatic rings. The topological polar surface area (TPSA) is 138 Å². The summed E-state index contributed by atoms with van der Waals surface area (Å²) in [4.78, 5) is 30.5. The molecule has 0 aliphatic heterocycles. The summed E-state index contributed by atoms with van der Waals surface area (Å²) in [7, 11) is 0. The highest BCUT2D eigenvalue weighted by Gasteiger charge is 2.28. The van der Waals surface area contributed by atoms with Crippen molar-refractivity contribution in [3.05, 3.63) is 46.8 Å². The van der Waals surface area contributed by atoms with Crippen molar-refractivity contribution in [1.82, 2.24) is 10.1 Å². The third-order valence-corrected chi connectivity index (χ3v) is 5.10. The first-order chi connectivity index (χ1) is 14.2. The molecule has 11 heteroatoms. The third kappa shape index (κ3) is 4.40.